The minimum Gasteiger partial charge on any atom is -0.377 e. The second kappa shape index (κ2) is 5.73. The van der Waals surface area contributed by atoms with Crippen LogP contribution in [0.4, 0.5) is 0 Å². The van der Waals surface area contributed by atoms with E-state index >= 15 is 0 Å². The summed E-state index contributed by atoms with van der Waals surface area (Å²) < 4.78 is 18.8. The lowest BCUT2D eigenvalue weighted by Gasteiger charge is -2.51. The SMILES string of the molecule is CC(C)(C)C#C[C@]1(O)CC[C@H]2[C@@H]3CC[C@@]45CC6(CC[C@@]4(O5)C3=CC[C@@]21C)OCCO6. The minimum atomic E-state index is -0.883. The quantitative estimate of drug-likeness (QED) is 0.365. The second-order valence-corrected chi connectivity index (χ2v) is 12.1. The lowest BCUT2D eigenvalue weighted by molar-refractivity contribution is -0.185. The van der Waals surface area contributed by atoms with E-state index in [-0.39, 0.29) is 22.0 Å². The maximum Gasteiger partial charge on any atom is 0.171 e. The highest BCUT2D eigenvalue weighted by Gasteiger charge is 2.79. The van der Waals surface area contributed by atoms with Crippen molar-refractivity contribution in [3.8, 4) is 11.8 Å². The maximum absolute atomic E-state index is 11.7. The van der Waals surface area contributed by atoms with Crippen LogP contribution in [0.15, 0.2) is 11.6 Å². The van der Waals surface area contributed by atoms with Crippen LogP contribution in [0, 0.1) is 34.5 Å². The molecule has 0 aromatic heterocycles. The van der Waals surface area contributed by atoms with Crippen molar-refractivity contribution < 1.29 is 19.3 Å². The first-order valence-electron chi connectivity index (χ1n) is 12.0. The van der Waals surface area contributed by atoms with Gasteiger partial charge in [-0.25, -0.2) is 0 Å². The second-order valence-electron chi connectivity index (χ2n) is 12.1. The molecule has 2 saturated heterocycles. The van der Waals surface area contributed by atoms with Gasteiger partial charge in [-0.1, -0.05) is 24.8 Å². The van der Waals surface area contributed by atoms with E-state index in [1.165, 1.54) is 5.57 Å². The van der Waals surface area contributed by atoms with E-state index in [1.54, 1.807) is 0 Å². The van der Waals surface area contributed by atoms with Crippen molar-refractivity contribution in [1.82, 2.24) is 0 Å². The van der Waals surface area contributed by atoms with E-state index in [1.807, 2.05) is 0 Å². The summed E-state index contributed by atoms with van der Waals surface area (Å²) >= 11 is 0. The fraction of sp³-hybridized carbons (Fsp3) is 0.846. The number of hydrogen-bond donors (Lipinski definition) is 1. The average Bonchev–Trinajstić information content (AvgIpc) is 3.03. The standard InChI is InChI=1S/C26H36O4/c1-21(2,3)11-12-23(27)9-7-19-18-5-10-24-17-25(28-15-16-29-25)13-14-26(24,30-24)20(18)6-8-22(19,23)4/h6,18-19,27H,5,7-10,13-17H2,1-4H3/t18-,19-,22-,23+,24+,26+/m0/s1. The number of rotatable bonds is 0. The van der Waals surface area contributed by atoms with Crippen LogP contribution >= 0.6 is 0 Å². The van der Waals surface area contributed by atoms with Gasteiger partial charge in [0.2, 0.25) is 0 Å². The van der Waals surface area contributed by atoms with Gasteiger partial charge in [0, 0.05) is 23.7 Å². The third-order valence-electron chi connectivity index (χ3n) is 9.47. The summed E-state index contributed by atoms with van der Waals surface area (Å²) in [6.07, 6.45) is 10.3. The van der Waals surface area contributed by atoms with Gasteiger partial charge in [-0.05, 0) is 76.7 Å². The summed E-state index contributed by atoms with van der Waals surface area (Å²) in [6, 6.07) is 0. The molecule has 4 heteroatoms. The van der Waals surface area contributed by atoms with Gasteiger partial charge < -0.3 is 19.3 Å². The average molecular weight is 413 g/mol. The van der Waals surface area contributed by atoms with Gasteiger partial charge in [-0.2, -0.15) is 0 Å². The van der Waals surface area contributed by atoms with Gasteiger partial charge in [-0.3, -0.25) is 0 Å². The van der Waals surface area contributed by atoms with Crippen molar-refractivity contribution in [3.63, 3.8) is 0 Å². The lowest BCUT2D eigenvalue weighted by atomic mass is 9.53. The smallest absolute Gasteiger partial charge is 0.171 e. The third kappa shape index (κ3) is 2.39. The van der Waals surface area contributed by atoms with Gasteiger partial charge >= 0.3 is 0 Å². The Hall–Kier alpha value is -0.860. The van der Waals surface area contributed by atoms with Crippen LogP contribution in [-0.4, -0.2) is 40.9 Å². The number of ether oxygens (including phenoxy) is 3. The summed E-state index contributed by atoms with van der Waals surface area (Å²) in [5.41, 5.74) is 0.233. The predicted molar refractivity (Wildman–Crippen MR) is 113 cm³/mol. The van der Waals surface area contributed by atoms with E-state index in [0.717, 1.165) is 51.4 Å². The van der Waals surface area contributed by atoms with Crippen molar-refractivity contribution in [1.29, 1.82) is 0 Å². The Bertz CT molecular complexity index is 868. The molecule has 0 unspecified atom stereocenters. The monoisotopic (exact) mass is 412 g/mol. The van der Waals surface area contributed by atoms with Gasteiger partial charge in [0.15, 0.2) is 5.79 Å². The molecular weight excluding hydrogens is 376 g/mol. The molecule has 3 saturated carbocycles. The third-order valence-corrected chi connectivity index (χ3v) is 9.47. The predicted octanol–water partition coefficient (Wildman–Crippen LogP) is 4.36. The molecule has 0 aromatic rings. The molecule has 0 amide bonds. The minimum absolute atomic E-state index is 0.0768. The molecule has 6 aliphatic rings. The number of allylic oxidation sites excluding steroid dienone is 1. The summed E-state index contributed by atoms with van der Waals surface area (Å²) in [4.78, 5) is 0. The number of hydrogen-bond acceptors (Lipinski definition) is 4. The van der Waals surface area contributed by atoms with E-state index in [2.05, 4.69) is 45.6 Å². The Morgan fingerprint density at radius 2 is 1.83 bits per heavy atom. The Labute approximate surface area is 180 Å². The fourth-order valence-electron chi connectivity index (χ4n) is 7.84. The molecule has 164 valence electrons. The molecule has 0 aromatic carbocycles. The first-order valence-corrected chi connectivity index (χ1v) is 12.0. The van der Waals surface area contributed by atoms with Crippen LogP contribution in [0.5, 0.6) is 0 Å². The van der Waals surface area contributed by atoms with Crippen LogP contribution in [0.25, 0.3) is 0 Å². The first kappa shape index (κ1) is 19.8. The number of fused-ring (bicyclic) bond motifs is 3. The van der Waals surface area contributed by atoms with Crippen molar-refractivity contribution in [3.05, 3.63) is 11.6 Å². The van der Waals surface area contributed by atoms with Gasteiger partial charge in [0.1, 0.15) is 16.8 Å². The molecule has 0 bridgehead atoms. The summed E-state index contributed by atoms with van der Waals surface area (Å²) in [5.74, 6) is 7.31. The zero-order valence-electron chi connectivity index (χ0n) is 19.0. The topological polar surface area (TPSA) is 51.2 Å². The van der Waals surface area contributed by atoms with Crippen molar-refractivity contribution in [2.45, 2.75) is 102 Å². The van der Waals surface area contributed by atoms with Gasteiger partial charge in [0.05, 0.1) is 13.2 Å². The molecule has 4 nitrogen and oxygen atoms in total. The molecule has 2 aliphatic heterocycles. The van der Waals surface area contributed by atoms with Crippen LogP contribution in [0.3, 0.4) is 0 Å². The van der Waals surface area contributed by atoms with Crippen LogP contribution in [-0.2, 0) is 14.2 Å². The van der Waals surface area contributed by atoms with E-state index in [9.17, 15) is 5.11 Å². The Morgan fingerprint density at radius 3 is 2.57 bits per heavy atom. The van der Waals surface area contributed by atoms with E-state index < -0.39 is 11.4 Å². The molecule has 6 rings (SSSR count). The van der Waals surface area contributed by atoms with Crippen molar-refractivity contribution >= 4 is 0 Å². The number of aliphatic hydroxyl groups is 1. The highest BCUT2D eigenvalue weighted by molar-refractivity contribution is 5.44. The normalized spacial score (nSPS) is 50.5. The molecule has 5 fully saturated rings. The van der Waals surface area contributed by atoms with Crippen molar-refractivity contribution in [2.75, 3.05) is 13.2 Å². The van der Waals surface area contributed by atoms with E-state index in [0.29, 0.717) is 25.0 Å². The highest BCUT2D eigenvalue weighted by Crippen LogP contribution is 2.74. The number of epoxide rings is 1. The van der Waals surface area contributed by atoms with Gasteiger partial charge in [0.25, 0.3) is 0 Å². The van der Waals surface area contributed by atoms with Crippen LogP contribution < -0.4 is 0 Å². The zero-order valence-corrected chi connectivity index (χ0v) is 19.0. The Morgan fingerprint density at radius 1 is 1.07 bits per heavy atom. The summed E-state index contributed by atoms with van der Waals surface area (Å²) in [6.45, 7) is 10.1. The summed E-state index contributed by atoms with van der Waals surface area (Å²) in [7, 11) is 0. The molecule has 6 atom stereocenters. The molecule has 4 aliphatic carbocycles. The highest BCUT2D eigenvalue weighted by atomic mass is 16.7. The lowest BCUT2D eigenvalue weighted by Crippen LogP contribution is -2.53. The zero-order chi connectivity index (χ0) is 21.0. The maximum atomic E-state index is 11.7. The first-order chi connectivity index (χ1) is 14.1. The molecule has 0 radical (unpaired) electrons. The molecular formula is C26H36O4. The molecule has 30 heavy (non-hydrogen) atoms. The fourth-order valence-corrected chi connectivity index (χ4v) is 7.84. The van der Waals surface area contributed by atoms with E-state index in [4.69, 9.17) is 14.2 Å². The van der Waals surface area contributed by atoms with Crippen molar-refractivity contribution in [2.24, 2.45) is 22.7 Å². The molecule has 1 spiro atoms. The van der Waals surface area contributed by atoms with Crippen LogP contribution in [0.1, 0.15) is 79.1 Å². The Kier molecular flexibility index (Phi) is 3.78. The van der Waals surface area contributed by atoms with Gasteiger partial charge in [-0.15, -0.1) is 0 Å². The summed E-state index contributed by atoms with van der Waals surface area (Å²) in [5, 5.41) is 11.7. The largest absolute Gasteiger partial charge is 0.377 e. The van der Waals surface area contributed by atoms with Crippen LogP contribution in [0.2, 0.25) is 0 Å². The Balaban J connectivity index is 1.32. The molecule has 2 heterocycles. The molecule has 1 N–H and O–H groups in total.